The van der Waals surface area contributed by atoms with Crippen LogP contribution in [-0.2, 0) is 0 Å². The molecule has 0 aliphatic carbocycles. The molecule has 0 aliphatic rings. The molecule has 0 aliphatic heterocycles. The van der Waals surface area contributed by atoms with Gasteiger partial charge in [-0.3, -0.25) is 0 Å². The van der Waals surface area contributed by atoms with Crippen LogP contribution in [0.25, 0.3) is 0 Å². The van der Waals surface area contributed by atoms with Crippen LogP contribution in [0.15, 0.2) is 53.5 Å². The van der Waals surface area contributed by atoms with Crippen LogP contribution >= 0.6 is 11.6 Å². The topological polar surface area (TPSA) is 38.4 Å². The minimum Gasteiger partial charge on any atom is -0.383 e. The van der Waals surface area contributed by atoms with Gasteiger partial charge in [0.2, 0.25) is 0 Å². The fourth-order valence-electron chi connectivity index (χ4n) is 1.52. The number of halogens is 1. The number of nitrogens with zero attached hydrogens (tertiary/aromatic N) is 1. The molecule has 2 N–H and O–H groups in total. The van der Waals surface area contributed by atoms with Crippen molar-refractivity contribution in [3.63, 3.8) is 0 Å². The molecule has 0 amide bonds. The quantitative estimate of drug-likeness (QED) is 0.635. The molecule has 2 nitrogen and oxygen atoms in total. The first-order valence-electron chi connectivity index (χ1n) is 5.33. The van der Waals surface area contributed by atoms with E-state index >= 15 is 0 Å². The molecule has 3 heteroatoms. The summed E-state index contributed by atoms with van der Waals surface area (Å²) in [6.07, 6.45) is 0. The molecule has 0 bridgehead atoms. The molecule has 0 saturated carbocycles. The van der Waals surface area contributed by atoms with E-state index in [1.165, 1.54) is 0 Å². The summed E-state index contributed by atoms with van der Waals surface area (Å²) in [6, 6.07) is 15.3. The van der Waals surface area contributed by atoms with Crippen LogP contribution in [0.2, 0.25) is 5.02 Å². The Balaban J connectivity index is 2.40. The third-order valence-corrected chi connectivity index (χ3v) is 2.97. The van der Waals surface area contributed by atoms with Gasteiger partial charge in [0.05, 0.1) is 10.7 Å². The zero-order valence-electron chi connectivity index (χ0n) is 9.52. The average Bonchev–Trinajstić information content (AvgIpc) is 2.36. The summed E-state index contributed by atoms with van der Waals surface area (Å²) >= 11 is 6.16. The molecule has 0 heterocycles. The van der Waals surface area contributed by atoms with E-state index in [1.807, 2.05) is 55.5 Å². The second-order valence-corrected chi connectivity index (χ2v) is 4.15. The molecule has 0 atom stereocenters. The zero-order chi connectivity index (χ0) is 12.3. The fraction of sp³-hybridized carbons (Fsp3) is 0.0714. The van der Waals surface area contributed by atoms with Crippen molar-refractivity contribution in [1.82, 2.24) is 0 Å². The lowest BCUT2D eigenvalue weighted by Gasteiger charge is -2.04. The van der Waals surface area contributed by atoms with Gasteiger partial charge >= 0.3 is 0 Å². The third-order valence-electron chi connectivity index (χ3n) is 2.48. The first kappa shape index (κ1) is 11.7. The lowest BCUT2D eigenvalue weighted by molar-refractivity contribution is 1.40. The predicted octanol–water partition coefficient (Wildman–Crippen LogP) is 3.69. The first-order valence-corrected chi connectivity index (χ1v) is 5.71. The maximum atomic E-state index is 6.16. The van der Waals surface area contributed by atoms with Crippen LogP contribution in [0.1, 0.15) is 11.1 Å². The minimum atomic E-state index is 0.470. The Morgan fingerprint density at radius 2 is 1.76 bits per heavy atom. The van der Waals surface area contributed by atoms with Gasteiger partial charge in [0.1, 0.15) is 5.84 Å². The van der Waals surface area contributed by atoms with Crippen LogP contribution in [0, 0.1) is 6.92 Å². The Labute approximate surface area is 106 Å². The molecule has 0 aromatic heterocycles. The van der Waals surface area contributed by atoms with Crippen molar-refractivity contribution >= 4 is 23.1 Å². The first-order chi connectivity index (χ1) is 8.18. The van der Waals surface area contributed by atoms with Crippen molar-refractivity contribution in [3.05, 3.63) is 64.7 Å². The maximum absolute atomic E-state index is 6.16. The lowest BCUT2D eigenvalue weighted by Crippen LogP contribution is -2.12. The molecule has 0 fully saturated rings. The van der Waals surface area contributed by atoms with Crippen molar-refractivity contribution < 1.29 is 0 Å². The van der Waals surface area contributed by atoms with E-state index in [0.717, 1.165) is 11.1 Å². The van der Waals surface area contributed by atoms with Crippen LogP contribution in [0.5, 0.6) is 0 Å². The van der Waals surface area contributed by atoms with Gasteiger partial charge in [0.25, 0.3) is 0 Å². The van der Waals surface area contributed by atoms with Crippen molar-refractivity contribution in [3.8, 4) is 0 Å². The summed E-state index contributed by atoms with van der Waals surface area (Å²) in [5.74, 6) is 0.470. The van der Waals surface area contributed by atoms with Gasteiger partial charge in [0, 0.05) is 5.56 Å². The smallest absolute Gasteiger partial charge is 0.131 e. The normalized spacial score (nSPS) is 11.5. The monoisotopic (exact) mass is 244 g/mol. The van der Waals surface area contributed by atoms with E-state index in [4.69, 9.17) is 17.3 Å². The Hall–Kier alpha value is -1.80. The van der Waals surface area contributed by atoms with Crippen molar-refractivity contribution in [2.75, 3.05) is 0 Å². The molecule has 0 saturated heterocycles. The molecule has 2 rings (SSSR count). The molecule has 0 spiro atoms. The number of aryl methyl sites for hydroxylation is 1. The number of amidine groups is 1. The number of hydrogen-bond acceptors (Lipinski definition) is 1. The second kappa shape index (κ2) is 5.02. The van der Waals surface area contributed by atoms with Crippen LogP contribution < -0.4 is 5.73 Å². The van der Waals surface area contributed by atoms with Gasteiger partial charge in [-0.15, -0.1) is 0 Å². The van der Waals surface area contributed by atoms with E-state index in [-0.39, 0.29) is 0 Å². The van der Waals surface area contributed by atoms with Gasteiger partial charge in [-0.25, -0.2) is 4.99 Å². The molecule has 2 aromatic carbocycles. The average molecular weight is 245 g/mol. The van der Waals surface area contributed by atoms with E-state index in [2.05, 4.69) is 4.99 Å². The number of aliphatic imine (C=N–C) groups is 1. The van der Waals surface area contributed by atoms with E-state index < -0.39 is 0 Å². The molecule has 2 aromatic rings. The van der Waals surface area contributed by atoms with E-state index in [1.54, 1.807) is 0 Å². The van der Waals surface area contributed by atoms with Crippen LogP contribution in [0.4, 0.5) is 5.69 Å². The summed E-state index contributed by atoms with van der Waals surface area (Å²) in [4.78, 5) is 4.35. The van der Waals surface area contributed by atoms with Gasteiger partial charge < -0.3 is 5.73 Å². The molecule has 0 radical (unpaired) electrons. The standard InChI is InChI=1S/C14H13ClN2/c1-10-6-5-9-12(13(10)15)17-14(16)11-7-3-2-4-8-11/h2-9H,1H3,(H2,16,17). The van der Waals surface area contributed by atoms with Crippen LogP contribution in [0.3, 0.4) is 0 Å². The predicted molar refractivity (Wildman–Crippen MR) is 73.0 cm³/mol. The summed E-state index contributed by atoms with van der Waals surface area (Å²) in [5, 5.41) is 0.645. The molecular formula is C14H13ClN2. The lowest BCUT2D eigenvalue weighted by atomic mass is 10.2. The second-order valence-electron chi connectivity index (χ2n) is 3.77. The zero-order valence-corrected chi connectivity index (χ0v) is 10.3. The van der Waals surface area contributed by atoms with Crippen LogP contribution in [-0.4, -0.2) is 5.84 Å². The summed E-state index contributed by atoms with van der Waals surface area (Å²) in [7, 11) is 0. The largest absolute Gasteiger partial charge is 0.383 e. The summed E-state index contributed by atoms with van der Waals surface area (Å²) in [6.45, 7) is 1.94. The highest BCUT2D eigenvalue weighted by Gasteiger charge is 2.03. The number of rotatable bonds is 2. The molecule has 86 valence electrons. The van der Waals surface area contributed by atoms with Gasteiger partial charge in [-0.05, 0) is 18.6 Å². The van der Waals surface area contributed by atoms with E-state index in [9.17, 15) is 0 Å². The third kappa shape index (κ3) is 2.66. The SMILES string of the molecule is Cc1cccc(N=C(N)c2ccccc2)c1Cl. The minimum absolute atomic E-state index is 0.470. The number of benzene rings is 2. The Kier molecular flexibility index (Phi) is 3.45. The Morgan fingerprint density at radius 3 is 2.47 bits per heavy atom. The van der Waals surface area contributed by atoms with Gasteiger partial charge in [-0.1, -0.05) is 54.1 Å². The van der Waals surface area contributed by atoms with Crippen molar-refractivity contribution in [1.29, 1.82) is 0 Å². The van der Waals surface area contributed by atoms with Crippen molar-refractivity contribution in [2.24, 2.45) is 10.7 Å². The Bertz CT molecular complexity index is 547. The highest BCUT2D eigenvalue weighted by atomic mass is 35.5. The number of hydrogen-bond donors (Lipinski definition) is 1. The van der Waals surface area contributed by atoms with E-state index in [0.29, 0.717) is 16.5 Å². The summed E-state index contributed by atoms with van der Waals surface area (Å²) < 4.78 is 0. The van der Waals surface area contributed by atoms with Gasteiger partial charge in [0.15, 0.2) is 0 Å². The number of nitrogens with two attached hydrogens (primary N) is 1. The summed E-state index contributed by atoms with van der Waals surface area (Å²) in [5.41, 5.74) is 8.53. The fourth-order valence-corrected chi connectivity index (χ4v) is 1.69. The highest BCUT2D eigenvalue weighted by molar-refractivity contribution is 6.33. The Morgan fingerprint density at radius 1 is 1.06 bits per heavy atom. The van der Waals surface area contributed by atoms with Crippen molar-refractivity contribution in [2.45, 2.75) is 6.92 Å². The molecule has 17 heavy (non-hydrogen) atoms. The molecular weight excluding hydrogens is 232 g/mol. The molecule has 0 unspecified atom stereocenters. The van der Waals surface area contributed by atoms with Gasteiger partial charge in [-0.2, -0.15) is 0 Å². The highest BCUT2D eigenvalue weighted by Crippen LogP contribution is 2.27. The maximum Gasteiger partial charge on any atom is 0.131 e.